The van der Waals surface area contributed by atoms with E-state index < -0.39 is 0 Å². The van der Waals surface area contributed by atoms with Crippen molar-refractivity contribution in [2.24, 2.45) is 0 Å². The van der Waals surface area contributed by atoms with Gasteiger partial charge in [0.25, 0.3) is 0 Å². The van der Waals surface area contributed by atoms with Gasteiger partial charge in [-0.15, -0.1) is 22.7 Å². The molecule has 0 spiro atoms. The third-order valence-electron chi connectivity index (χ3n) is 3.53. The van der Waals surface area contributed by atoms with Gasteiger partial charge in [-0.25, -0.2) is 4.79 Å². The molecule has 7 heteroatoms. The molecule has 1 aliphatic carbocycles. The fourth-order valence-corrected chi connectivity index (χ4v) is 4.97. The Balaban J connectivity index is 1.80. The van der Waals surface area contributed by atoms with E-state index in [1.807, 2.05) is 6.07 Å². The lowest BCUT2D eigenvalue weighted by molar-refractivity contribution is -0.115. The molecule has 0 atom stereocenters. The summed E-state index contributed by atoms with van der Waals surface area (Å²) in [4.78, 5) is 26.3. The summed E-state index contributed by atoms with van der Waals surface area (Å²) < 4.78 is 5.53. The number of thiophene rings is 2. The first-order valence-corrected chi connectivity index (χ1v) is 8.86. The minimum absolute atomic E-state index is 0.149. The molecular weight excluding hydrogens is 342 g/mol. The van der Waals surface area contributed by atoms with Crippen molar-refractivity contribution in [3.05, 3.63) is 37.4 Å². The minimum atomic E-state index is -0.381. The minimum Gasteiger partial charge on any atom is -0.465 e. The molecule has 1 aliphatic rings. The number of ether oxygens (including phenoxy) is 1. The van der Waals surface area contributed by atoms with Crippen LogP contribution >= 0.6 is 34.3 Å². The second-order valence-corrected chi connectivity index (χ2v) is 7.89. The Bertz CT molecular complexity index is 735. The van der Waals surface area contributed by atoms with Crippen LogP contribution in [-0.4, -0.2) is 19.0 Å². The molecule has 2 heterocycles. The van der Waals surface area contributed by atoms with E-state index in [0.717, 1.165) is 29.7 Å². The molecule has 0 saturated heterocycles. The van der Waals surface area contributed by atoms with E-state index in [9.17, 15) is 9.59 Å². The van der Waals surface area contributed by atoms with Crippen LogP contribution in [0.15, 0.2) is 12.1 Å². The quantitative estimate of drug-likeness (QED) is 0.846. The van der Waals surface area contributed by atoms with Gasteiger partial charge in [0.05, 0.1) is 23.4 Å². The molecule has 3 rings (SSSR count). The van der Waals surface area contributed by atoms with Gasteiger partial charge in [-0.05, 0) is 37.0 Å². The van der Waals surface area contributed by atoms with E-state index in [4.69, 9.17) is 16.3 Å². The smallest absolute Gasteiger partial charge is 0.341 e. The number of carbonyl (C=O) groups excluding carboxylic acids is 2. The summed E-state index contributed by atoms with van der Waals surface area (Å²) in [5.74, 6) is -0.530. The maximum atomic E-state index is 12.2. The summed E-state index contributed by atoms with van der Waals surface area (Å²) in [6.45, 7) is 0. The van der Waals surface area contributed by atoms with Gasteiger partial charge in [0.15, 0.2) is 0 Å². The number of hydrogen-bond donors (Lipinski definition) is 1. The van der Waals surface area contributed by atoms with Crippen molar-refractivity contribution < 1.29 is 14.3 Å². The number of esters is 1. The van der Waals surface area contributed by atoms with Crippen molar-refractivity contribution in [1.29, 1.82) is 0 Å². The van der Waals surface area contributed by atoms with Gasteiger partial charge >= 0.3 is 5.97 Å². The molecule has 0 saturated carbocycles. The highest BCUT2D eigenvalue weighted by atomic mass is 35.5. The molecule has 2 aromatic rings. The van der Waals surface area contributed by atoms with E-state index in [1.165, 1.54) is 34.7 Å². The molecular formula is C15H14ClNO3S2. The highest BCUT2D eigenvalue weighted by Gasteiger charge is 2.28. The van der Waals surface area contributed by atoms with Gasteiger partial charge in [-0.3, -0.25) is 4.79 Å². The Morgan fingerprint density at radius 2 is 2.14 bits per heavy atom. The largest absolute Gasteiger partial charge is 0.465 e. The topological polar surface area (TPSA) is 55.4 Å². The average molecular weight is 356 g/mol. The molecule has 4 nitrogen and oxygen atoms in total. The van der Waals surface area contributed by atoms with Crippen molar-refractivity contribution in [2.45, 2.75) is 25.7 Å². The van der Waals surface area contributed by atoms with E-state index in [1.54, 1.807) is 6.07 Å². The Hall–Kier alpha value is -1.37. The SMILES string of the molecule is COC(=O)c1c(NC(=O)Cc2ccc(Cl)s2)sc2c1CCC2. The predicted molar refractivity (Wildman–Crippen MR) is 89.3 cm³/mol. The molecule has 1 N–H and O–H groups in total. The zero-order chi connectivity index (χ0) is 15.7. The van der Waals surface area contributed by atoms with E-state index in [2.05, 4.69) is 5.32 Å². The Labute approximate surface area is 141 Å². The molecule has 1 amide bonds. The molecule has 0 aliphatic heterocycles. The van der Waals surface area contributed by atoms with Gasteiger partial charge in [0, 0.05) is 9.75 Å². The monoisotopic (exact) mass is 355 g/mol. The van der Waals surface area contributed by atoms with Crippen LogP contribution in [-0.2, 0) is 28.8 Å². The summed E-state index contributed by atoms with van der Waals surface area (Å²) in [5, 5.41) is 3.46. The highest BCUT2D eigenvalue weighted by molar-refractivity contribution is 7.17. The Morgan fingerprint density at radius 3 is 2.82 bits per heavy atom. The summed E-state index contributed by atoms with van der Waals surface area (Å²) >= 11 is 8.73. The normalized spacial score (nSPS) is 13.0. The van der Waals surface area contributed by atoms with Gasteiger partial charge < -0.3 is 10.1 Å². The molecule has 0 fully saturated rings. The average Bonchev–Trinajstić information content (AvgIpc) is 3.14. The summed E-state index contributed by atoms with van der Waals surface area (Å²) in [6.07, 6.45) is 3.13. The zero-order valence-corrected chi connectivity index (χ0v) is 14.3. The lowest BCUT2D eigenvalue weighted by atomic mass is 10.1. The third kappa shape index (κ3) is 3.04. The first kappa shape index (κ1) is 15.5. The van der Waals surface area contributed by atoms with Crippen LogP contribution in [0.2, 0.25) is 4.34 Å². The summed E-state index contributed by atoms with van der Waals surface area (Å²) in [5.41, 5.74) is 1.56. The van der Waals surface area contributed by atoms with Gasteiger partial charge in [0.2, 0.25) is 5.91 Å². The number of amides is 1. The number of anilines is 1. The van der Waals surface area contributed by atoms with Crippen LogP contribution in [0.5, 0.6) is 0 Å². The van der Waals surface area contributed by atoms with Crippen LogP contribution in [0, 0.1) is 0 Å². The second-order valence-electron chi connectivity index (χ2n) is 4.98. The van der Waals surface area contributed by atoms with Crippen molar-refractivity contribution in [1.82, 2.24) is 0 Å². The van der Waals surface area contributed by atoms with Crippen LogP contribution in [0.4, 0.5) is 5.00 Å². The standard InChI is InChI=1S/C15H14ClNO3S2/c1-20-15(19)13-9-3-2-4-10(9)22-14(13)17-12(18)7-8-5-6-11(16)21-8/h5-6H,2-4,7H2,1H3,(H,17,18). The van der Waals surface area contributed by atoms with Gasteiger partial charge in [-0.2, -0.15) is 0 Å². The predicted octanol–water partition coefficient (Wildman–Crippen LogP) is 3.92. The number of methoxy groups -OCH3 is 1. The number of hydrogen-bond acceptors (Lipinski definition) is 5. The second kappa shape index (κ2) is 6.40. The summed E-state index contributed by atoms with van der Waals surface area (Å²) in [7, 11) is 1.36. The number of aryl methyl sites for hydroxylation is 1. The lowest BCUT2D eigenvalue weighted by Gasteiger charge is -2.06. The molecule has 116 valence electrons. The van der Waals surface area contributed by atoms with Crippen LogP contribution < -0.4 is 5.32 Å². The zero-order valence-electron chi connectivity index (χ0n) is 11.9. The third-order valence-corrected chi connectivity index (χ3v) is 5.97. The van der Waals surface area contributed by atoms with Crippen molar-refractivity contribution in [3.8, 4) is 0 Å². The van der Waals surface area contributed by atoms with E-state index in [-0.39, 0.29) is 18.3 Å². The Morgan fingerprint density at radius 1 is 1.32 bits per heavy atom. The van der Waals surface area contributed by atoms with E-state index >= 15 is 0 Å². The number of rotatable bonds is 4. The summed E-state index contributed by atoms with van der Waals surface area (Å²) in [6, 6.07) is 3.61. The van der Waals surface area contributed by atoms with Gasteiger partial charge in [-0.1, -0.05) is 11.6 Å². The van der Waals surface area contributed by atoms with Crippen LogP contribution in [0.3, 0.4) is 0 Å². The molecule has 0 aromatic carbocycles. The van der Waals surface area contributed by atoms with Crippen LogP contribution in [0.25, 0.3) is 0 Å². The maximum Gasteiger partial charge on any atom is 0.341 e. The molecule has 0 unspecified atom stereocenters. The fourth-order valence-electron chi connectivity index (χ4n) is 2.59. The van der Waals surface area contributed by atoms with E-state index in [0.29, 0.717) is 14.9 Å². The highest BCUT2D eigenvalue weighted by Crippen LogP contribution is 2.39. The number of nitrogens with one attached hydrogen (secondary N) is 1. The number of carbonyl (C=O) groups is 2. The number of fused-ring (bicyclic) bond motifs is 1. The Kier molecular flexibility index (Phi) is 4.52. The maximum absolute atomic E-state index is 12.2. The van der Waals surface area contributed by atoms with Crippen LogP contribution in [0.1, 0.15) is 32.1 Å². The van der Waals surface area contributed by atoms with Gasteiger partial charge in [0.1, 0.15) is 5.00 Å². The molecule has 0 bridgehead atoms. The van der Waals surface area contributed by atoms with Crippen molar-refractivity contribution >= 4 is 51.2 Å². The molecule has 2 aromatic heterocycles. The first-order valence-electron chi connectivity index (χ1n) is 6.85. The van der Waals surface area contributed by atoms with Crippen molar-refractivity contribution in [2.75, 3.05) is 12.4 Å². The molecule has 0 radical (unpaired) electrons. The first-order chi connectivity index (χ1) is 10.6. The lowest BCUT2D eigenvalue weighted by Crippen LogP contribution is -2.16. The number of halogens is 1. The molecule has 22 heavy (non-hydrogen) atoms. The fraction of sp³-hybridized carbons (Fsp3) is 0.333. The van der Waals surface area contributed by atoms with Crippen molar-refractivity contribution in [3.63, 3.8) is 0 Å².